The molecule has 0 saturated heterocycles. The van der Waals surface area contributed by atoms with Crippen LogP contribution in [-0.4, -0.2) is 35.9 Å². The molecule has 1 rings (SSSR count). The molecule has 0 aliphatic heterocycles. The highest BCUT2D eigenvalue weighted by molar-refractivity contribution is 5.80. The average Bonchev–Trinajstić information content (AvgIpc) is 2.25. The summed E-state index contributed by atoms with van der Waals surface area (Å²) < 4.78 is 35.9. The third-order valence-corrected chi connectivity index (χ3v) is 2.87. The molecule has 5 nitrogen and oxygen atoms in total. The van der Waals surface area contributed by atoms with E-state index >= 15 is 0 Å². The Labute approximate surface area is 102 Å². The summed E-state index contributed by atoms with van der Waals surface area (Å²) in [4.78, 5) is 22.1. The van der Waals surface area contributed by atoms with E-state index in [1.54, 1.807) is 5.32 Å². The summed E-state index contributed by atoms with van der Waals surface area (Å²) in [5.41, 5.74) is 0. The first-order chi connectivity index (χ1) is 8.29. The van der Waals surface area contributed by atoms with Crippen molar-refractivity contribution in [3.63, 3.8) is 0 Å². The van der Waals surface area contributed by atoms with Crippen LogP contribution in [-0.2, 0) is 4.79 Å². The normalized spacial score (nSPS) is 24.4. The molecule has 8 heteroatoms. The number of carbonyl (C=O) groups is 2. The second-order valence-corrected chi connectivity index (χ2v) is 4.28. The third kappa shape index (κ3) is 4.80. The van der Waals surface area contributed by atoms with Gasteiger partial charge in [-0.1, -0.05) is 12.8 Å². The van der Waals surface area contributed by atoms with Gasteiger partial charge < -0.3 is 15.7 Å². The molecule has 0 aromatic carbocycles. The van der Waals surface area contributed by atoms with E-state index in [2.05, 4.69) is 5.32 Å². The van der Waals surface area contributed by atoms with Gasteiger partial charge in [-0.05, 0) is 12.8 Å². The van der Waals surface area contributed by atoms with Gasteiger partial charge in [0.25, 0.3) is 0 Å². The summed E-state index contributed by atoms with van der Waals surface area (Å²) in [5, 5.41) is 12.6. The van der Waals surface area contributed by atoms with E-state index in [4.69, 9.17) is 5.11 Å². The highest BCUT2D eigenvalue weighted by atomic mass is 19.4. The van der Waals surface area contributed by atoms with Crippen molar-refractivity contribution in [3.8, 4) is 0 Å². The van der Waals surface area contributed by atoms with Crippen LogP contribution < -0.4 is 10.6 Å². The SMILES string of the molecule is O=C(O)N[C@H]1CCCC[C@H]1C(=O)NCC(F)(F)F. The Morgan fingerprint density at radius 3 is 2.39 bits per heavy atom. The van der Waals surface area contributed by atoms with Crippen LogP contribution in [0.15, 0.2) is 0 Å². The van der Waals surface area contributed by atoms with Gasteiger partial charge in [0.15, 0.2) is 0 Å². The Morgan fingerprint density at radius 1 is 1.22 bits per heavy atom. The number of alkyl halides is 3. The first-order valence-corrected chi connectivity index (χ1v) is 5.63. The van der Waals surface area contributed by atoms with Crippen molar-refractivity contribution in [1.82, 2.24) is 10.6 Å². The Hall–Kier alpha value is -1.47. The van der Waals surface area contributed by atoms with Crippen molar-refractivity contribution >= 4 is 12.0 Å². The average molecular weight is 268 g/mol. The maximum Gasteiger partial charge on any atom is 0.405 e. The van der Waals surface area contributed by atoms with Crippen LogP contribution in [0.4, 0.5) is 18.0 Å². The lowest BCUT2D eigenvalue weighted by atomic mass is 9.84. The molecule has 104 valence electrons. The zero-order chi connectivity index (χ0) is 13.8. The summed E-state index contributed by atoms with van der Waals surface area (Å²) >= 11 is 0. The van der Waals surface area contributed by atoms with E-state index in [1.807, 2.05) is 0 Å². The number of halogens is 3. The van der Waals surface area contributed by atoms with Gasteiger partial charge in [0.1, 0.15) is 6.54 Å². The molecule has 0 bridgehead atoms. The fourth-order valence-corrected chi connectivity index (χ4v) is 2.09. The Balaban J connectivity index is 2.54. The van der Waals surface area contributed by atoms with E-state index in [9.17, 15) is 22.8 Å². The molecule has 18 heavy (non-hydrogen) atoms. The third-order valence-electron chi connectivity index (χ3n) is 2.87. The van der Waals surface area contributed by atoms with Crippen molar-refractivity contribution in [2.24, 2.45) is 5.92 Å². The molecule has 1 fully saturated rings. The fraction of sp³-hybridized carbons (Fsp3) is 0.800. The van der Waals surface area contributed by atoms with Crippen LogP contribution in [0.5, 0.6) is 0 Å². The zero-order valence-electron chi connectivity index (χ0n) is 9.59. The lowest BCUT2D eigenvalue weighted by molar-refractivity contribution is -0.141. The van der Waals surface area contributed by atoms with E-state index in [0.717, 1.165) is 6.42 Å². The molecule has 1 aliphatic rings. The van der Waals surface area contributed by atoms with E-state index in [1.165, 1.54) is 0 Å². The van der Waals surface area contributed by atoms with Crippen LogP contribution in [0, 0.1) is 5.92 Å². The van der Waals surface area contributed by atoms with Gasteiger partial charge in [0.05, 0.1) is 5.92 Å². The van der Waals surface area contributed by atoms with Crippen molar-refractivity contribution in [1.29, 1.82) is 0 Å². The summed E-state index contributed by atoms with van der Waals surface area (Å²) in [5.74, 6) is -1.47. The molecule has 0 unspecified atom stereocenters. The predicted molar refractivity (Wildman–Crippen MR) is 56.0 cm³/mol. The van der Waals surface area contributed by atoms with E-state index < -0.39 is 36.7 Å². The topological polar surface area (TPSA) is 78.4 Å². The van der Waals surface area contributed by atoms with Gasteiger partial charge in [-0.25, -0.2) is 4.79 Å². The van der Waals surface area contributed by atoms with E-state index in [-0.39, 0.29) is 0 Å². The highest BCUT2D eigenvalue weighted by Crippen LogP contribution is 2.25. The standard InChI is InChI=1S/C10H15F3N2O3/c11-10(12,13)5-14-8(16)6-3-1-2-4-7(6)15-9(17)18/h6-7,15H,1-5H2,(H,14,16)(H,17,18)/t6-,7+/m1/s1. The molecule has 3 N–H and O–H groups in total. The number of amides is 2. The van der Waals surface area contributed by atoms with Crippen molar-refractivity contribution in [2.75, 3.05) is 6.54 Å². The monoisotopic (exact) mass is 268 g/mol. The van der Waals surface area contributed by atoms with Gasteiger partial charge >= 0.3 is 12.3 Å². The fourth-order valence-electron chi connectivity index (χ4n) is 2.09. The second-order valence-electron chi connectivity index (χ2n) is 4.28. The van der Waals surface area contributed by atoms with Crippen LogP contribution in [0.2, 0.25) is 0 Å². The van der Waals surface area contributed by atoms with Gasteiger partial charge in [0.2, 0.25) is 5.91 Å². The van der Waals surface area contributed by atoms with Crippen LogP contribution in [0.25, 0.3) is 0 Å². The van der Waals surface area contributed by atoms with Gasteiger partial charge in [0, 0.05) is 6.04 Å². The summed E-state index contributed by atoms with van der Waals surface area (Å²) in [6, 6.07) is -0.607. The van der Waals surface area contributed by atoms with Crippen LogP contribution >= 0.6 is 0 Å². The number of nitrogens with one attached hydrogen (secondary N) is 2. The number of carbonyl (C=O) groups excluding carboxylic acids is 1. The first-order valence-electron chi connectivity index (χ1n) is 5.63. The molecule has 0 spiro atoms. The van der Waals surface area contributed by atoms with Gasteiger partial charge in [-0.3, -0.25) is 4.79 Å². The van der Waals surface area contributed by atoms with Crippen molar-refractivity contribution in [2.45, 2.75) is 37.9 Å². The Kier molecular flexibility index (Phi) is 4.80. The van der Waals surface area contributed by atoms with Crippen molar-refractivity contribution < 1.29 is 27.9 Å². The molecule has 0 heterocycles. The van der Waals surface area contributed by atoms with Crippen molar-refractivity contribution in [3.05, 3.63) is 0 Å². The lowest BCUT2D eigenvalue weighted by Crippen LogP contribution is -2.49. The van der Waals surface area contributed by atoms with Crippen LogP contribution in [0.1, 0.15) is 25.7 Å². The predicted octanol–water partition coefficient (Wildman–Crippen LogP) is 1.49. The van der Waals surface area contributed by atoms with Gasteiger partial charge in [-0.2, -0.15) is 13.2 Å². The maximum absolute atomic E-state index is 12.0. The molecule has 2 atom stereocenters. The Morgan fingerprint density at radius 2 is 1.83 bits per heavy atom. The summed E-state index contributed by atoms with van der Waals surface area (Å²) in [6.07, 6.45) is -3.39. The maximum atomic E-state index is 12.0. The zero-order valence-corrected chi connectivity index (χ0v) is 9.59. The molecule has 0 aromatic rings. The number of rotatable bonds is 3. The quantitative estimate of drug-likeness (QED) is 0.725. The lowest BCUT2D eigenvalue weighted by Gasteiger charge is -2.30. The minimum atomic E-state index is -4.46. The minimum Gasteiger partial charge on any atom is -0.465 e. The largest absolute Gasteiger partial charge is 0.465 e. The minimum absolute atomic E-state index is 0.397. The summed E-state index contributed by atoms with van der Waals surface area (Å²) in [6.45, 7) is -1.39. The molecule has 2 amide bonds. The second kappa shape index (κ2) is 5.92. The smallest absolute Gasteiger partial charge is 0.405 e. The van der Waals surface area contributed by atoms with Gasteiger partial charge in [-0.15, -0.1) is 0 Å². The number of carboxylic acid groups (broad SMARTS) is 1. The van der Waals surface area contributed by atoms with E-state index in [0.29, 0.717) is 19.3 Å². The molecular formula is C10H15F3N2O3. The molecule has 1 aliphatic carbocycles. The molecule has 1 saturated carbocycles. The highest BCUT2D eigenvalue weighted by Gasteiger charge is 2.34. The molecular weight excluding hydrogens is 253 g/mol. The summed E-state index contributed by atoms with van der Waals surface area (Å²) in [7, 11) is 0. The number of hydrogen-bond donors (Lipinski definition) is 3. The molecule has 0 aromatic heterocycles. The number of hydrogen-bond acceptors (Lipinski definition) is 2. The Bertz CT molecular complexity index is 320. The molecule has 0 radical (unpaired) electrons. The first kappa shape index (κ1) is 14.6. The van der Waals surface area contributed by atoms with Crippen LogP contribution in [0.3, 0.4) is 0 Å².